The molecule has 106 valence electrons. The molecule has 0 saturated heterocycles. The number of anilines is 1. The van der Waals surface area contributed by atoms with Gasteiger partial charge in [0.1, 0.15) is 5.84 Å². The number of hydrogen-bond acceptors (Lipinski definition) is 4. The zero-order chi connectivity index (χ0) is 14.3. The van der Waals surface area contributed by atoms with Crippen LogP contribution in [0.5, 0.6) is 0 Å². The number of oxime groups is 1. The highest BCUT2D eigenvalue weighted by Gasteiger charge is 2.22. The van der Waals surface area contributed by atoms with Crippen molar-refractivity contribution in [3.8, 4) is 0 Å². The van der Waals surface area contributed by atoms with Crippen LogP contribution in [0, 0.1) is 5.41 Å². The molecule has 0 aliphatic heterocycles. The zero-order valence-corrected chi connectivity index (χ0v) is 11.8. The molecule has 0 radical (unpaired) electrons. The van der Waals surface area contributed by atoms with E-state index in [9.17, 15) is 0 Å². The number of amidine groups is 1. The Kier molecular flexibility index (Phi) is 5.63. The average molecular weight is 265 g/mol. The summed E-state index contributed by atoms with van der Waals surface area (Å²) >= 11 is 0. The number of para-hydroxylation sites is 1. The number of benzene rings is 1. The Hall–Kier alpha value is -1.75. The monoisotopic (exact) mass is 265 g/mol. The fourth-order valence-corrected chi connectivity index (χ4v) is 1.75. The summed E-state index contributed by atoms with van der Waals surface area (Å²) in [7, 11) is 1.68. The van der Waals surface area contributed by atoms with Crippen LogP contribution in [0.15, 0.2) is 29.4 Å². The molecule has 0 aliphatic carbocycles. The molecule has 0 amide bonds. The molecule has 5 heteroatoms. The Morgan fingerprint density at radius 3 is 2.74 bits per heavy atom. The molecule has 19 heavy (non-hydrogen) atoms. The summed E-state index contributed by atoms with van der Waals surface area (Å²) in [5.74, 6) is 0.250. The Labute approximate surface area is 114 Å². The SMILES string of the molecule is COCc1ccccc1NCCC(C)(C)C(N)=NO. The maximum absolute atomic E-state index is 8.73. The van der Waals surface area contributed by atoms with Crippen LogP contribution >= 0.6 is 0 Å². The maximum Gasteiger partial charge on any atom is 0.144 e. The van der Waals surface area contributed by atoms with Crippen molar-refractivity contribution in [2.24, 2.45) is 16.3 Å². The summed E-state index contributed by atoms with van der Waals surface area (Å²) < 4.78 is 5.16. The lowest BCUT2D eigenvalue weighted by atomic mass is 9.88. The van der Waals surface area contributed by atoms with Gasteiger partial charge in [-0.2, -0.15) is 0 Å². The van der Waals surface area contributed by atoms with E-state index in [2.05, 4.69) is 10.5 Å². The van der Waals surface area contributed by atoms with E-state index in [0.717, 1.165) is 24.2 Å². The van der Waals surface area contributed by atoms with Crippen molar-refractivity contribution in [2.75, 3.05) is 19.0 Å². The van der Waals surface area contributed by atoms with Crippen molar-refractivity contribution in [3.63, 3.8) is 0 Å². The number of rotatable bonds is 7. The van der Waals surface area contributed by atoms with Crippen molar-refractivity contribution < 1.29 is 9.94 Å². The number of hydrogen-bond donors (Lipinski definition) is 3. The molecule has 0 unspecified atom stereocenters. The smallest absolute Gasteiger partial charge is 0.144 e. The number of methoxy groups -OCH3 is 1. The molecule has 4 N–H and O–H groups in total. The van der Waals surface area contributed by atoms with Crippen LogP contribution in [0.25, 0.3) is 0 Å². The van der Waals surface area contributed by atoms with E-state index in [4.69, 9.17) is 15.7 Å². The van der Waals surface area contributed by atoms with E-state index in [1.807, 2.05) is 38.1 Å². The first-order valence-electron chi connectivity index (χ1n) is 6.30. The van der Waals surface area contributed by atoms with Crippen LogP contribution in [0.1, 0.15) is 25.8 Å². The largest absolute Gasteiger partial charge is 0.409 e. The van der Waals surface area contributed by atoms with Gasteiger partial charge in [-0.05, 0) is 12.5 Å². The van der Waals surface area contributed by atoms with Crippen LogP contribution in [0.2, 0.25) is 0 Å². The zero-order valence-electron chi connectivity index (χ0n) is 11.8. The fourth-order valence-electron chi connectivity index (χ4n) is 1.75. The fraction of sp³-hybridized carbons (Fsp3) is 0.500. The van der Waals surface area contributed by atoms with Crippen molar-refractivity contribution >= 4 is 11.5 Å². The molecule has 0 saturated carbocycles. The summed E-state index contributed by atoms with van der Waals surface area (Å²) in [6.07, 6.45) is 0.768. The van der Waals surface area contributed by atoms with Gasteiger partial charge in [0.05, 0.1) is 6.61 Å². The minimum absolute atomic E-state index is 0.250. The van der Waals surface area contributed by atoms with Crippen LogP contribution in [-0.2, 0) is 11.3 Å². The van der Waals surface area contributed by atoms with Gasteiger partial charge in [0, 0.05) is 30.3 Å². The molecule has 1 aromatic carbocycles. The number of nitrogens with two attached hydrogens (primary N) is 1. The van der Waals surface area contributed by atoms with Crippen LogP contribution in [0.3, 0.4) is 0 Å². The normalized spacial score (nSPS) is 12.5. The second-order valence-electron chi connectivity index (χ2n) is 5.14. The molecular weight excluding hydrogens is 242 g/mol. The molecular formula is C14H23N3O2. The van der Waals surface area contributed by atoms with Gasteiger partial charge < -0.3 is 21.0 Å². The quantitative estimate of drug-likeness (QED) is 0.306. The second kappa shape index (κ2) is 6.99. The van der Waals surface area contributed by atoms with Crippen LogP contribution in [-0.4, -0.2) is 24.7 Å². The van der Waals surface area contributed by atoms with E-state index >= 15 is 0 Å². The highest BCUT2D eigenvalue weighted by molar-refractivity contribution is 5.85. The Morgan fingerprint density at radius 1 is 1.42 bits per heavy atom. The molecule has 1 rings (SSSR count). The Morgan fingerprint density at radius 2 is 2.11 bits per heavy atom. The highest BCUT2D eigenvalue weighted by Crippen LogP contribution is 2.22. The van der Waals surface area contributed by atoms with Gasteiger partial charge in [-0.3, -0.25) is 0 Å². The van der Waals surface area contributed by atoms with Gasteiger partial charge in [-0.25, -0.2) is 0 Å². The molecule has 0 spiro atoms. The number of ether oxygens (including phenoxy) is 1. The van der Waals surface area contributed by atoms with E-state index in [-0.39, 0.29) is 11.3 Å². The van der Waals surface area contributed by atoms with E-state index in [1.54, 1.807) is 7.11 Å². The highest BCUT2D eigenvalue weighted by atomic mass is 16.5. The third-order valence-corrected chi connectivity index (χ3v) is 3.18. The van der Waals surface area contributed by atoms with Crippen molar-refractivity contribution in [2.45, 2.75) is 26.9 Å². The Balaban J connectivity index is 2.58. The molecule has 0 bridgehead atoms. The lowest BCUT2D eigenvalue weighted by molar-refractivity contribution is 0.185. The third kappa shape index (κ3) is 4.44. The third-order valence-electron chi connectivity index (χ3n) is 3.18. The van der Waals surface area contributed by atoms with Gasteiger partial charge in [0.2, 0.25) is 0 Å². The second-order valence-corrected chi connectivity index (χ2v) is 5.14. The van der Waals surface area contributed by atoms with E-state index in [0.29, 0.717) is 6.61 Å². The van der Waals surface area contributed by atoms with Crippen molar-refractivity contribution in [1.29, 1.82) is 0 Å². The number of nitrogens with zero attached hydrogens (tertiary/aromatic N) is 1. The summed E-state index contributed by atoms with van der Waals surface area (Å²) in [5, 5.41) is 15.2. The van der Waals surface area contributed by atoms with E-state index < -0.39 is 0 Å². The molecule has 0 aromatic heterocycles. The average Bonchev–Trinajstić information content (AvgIpc) is 2.40. The van der Waals surface area contributed by atoms with Crippen molar-refractivity contribution in [3.05, 3.63) is 29.8 Å². The minimum atomic E-state index is -0.335. The first-order chi connectivity index (χ1) is 9.01. The molecule has 1 aromatic rings. The predicted molar refractivity (Wildman–Crippen MR) is 77.5 cm³/mol. The summed E-state index contributed by atoms with van der Waals surface area (Å²) in [5.41, 5.74) is 7.50. The summed E-state index contributed by atoms with van der Waals surface area (Å²) in [6, 6.07) is 8.02. The predicted octanol–water partition coefficient (Wildman–Crippen LogP) is 2.41. The molecule has 5 nitrogen and oxygen atoms in total. The topological polar surface area (TPSA) is 79.9 Å². The molecule has 0 atom stereocenters. The first kappa shape index (κ1) is 15.3. The molecule has 0 fully saturated rings. The Bertz CT molecular complexity index is 430. The first-order valence-corrected chi connectivity index (χ1v) is 6.30. The van der Waals surface area contributed by atoms with Crippen molar-refractivity contribution in [1.82, 2.24) is 0 Å². The lowest BCUT2D eigenvalue weighted by Gasteiger charge is -2.23. The lowest BCUT2D eigenvalue weighted by Crippen LogP contribution is -2.33. The minimum Gasteiger partial charge on any atom is -0.409 e. The molecule has 0 heterocycles. The van der Waals surface area contributed by atoms with E-state index in [1.165, 1.54) is 0 Å². The molecule has 0 aliphatic rings. The summed E-state index contributed by atoms with van der Waals surface area (Å²) in [4.78, 5) is 0. The van der Waals surface area contributed by atoms with Gasteiger partial charge >= 0.3 is 0 Å². The van der Waals surface area contributed by atoms with Gasteiger partial charge in [0.25, 0.3) is 0 Å². The maximum atomic E-state index is 8.73. The van der Waals surface area contributed by atoms with Crippen LogP contribution in [0.4, 0.5) is 5.69 Å². The van der Waals surface area contributed by atoms with Crippen LogP contribution < -0.4 is 11.1 Å². The van der Waals surface area contributed by atoms with Gasteiger partial charge in [-0.1, -0.05) is 37.2 Å². The standard InChI is InChI=1S/C14H23N3O2/c1-14(2,13(15)17-18)8-9-16-12-7-5-4-6-11(12)10-19-3/h4-7,16,18H,8-10H2,1-3H3,(H2,15,17). The van der Waals surface area contributed by atoms with Gasteiger partial charge in [0.15, 0.2) is 0 Å². The number of nitrogens with one attached hydrogen (secondary N) is 1. The van der Waals surface area contributed by atoms with Gasteiger partial charge in [-0.15, -0.1) is 0 Å². The summed E-state index contributed by atoms with van der Waals surface area (Å²) in [6.45, 7) is 5.21.